The highest BCUT2D eigenvalue weighted by molar-refractivity contribution is 5.44. The molecule has 1 fully saturated rings. The van der Waals surface area contributed by atoms with Gasteiger partial charge < -0.3 is 34.2 Å². The Kier molecular flexibility index (Phi) is 6.28. The van der Waals surface area contributed by atoms with Crippen molar-refractivity contribution in [2.45, 2.75) is 12.7 Å². The topological polar surface area (TPSA) is 77.0 Å². The van der Waals surface area contributed by atoms with Gasteiger partial charge in [-0.25, -0.2) is 0 Å². The van der Waals surface area contributed by atoms with Gasteiger partial charge in [0.25, 0.3) is 0 Å². The number of quaternary nitrogens is 2. The fourth-order valence-electron chi connectivity index (χ4n) is 3.31. The number of fused-ring (bicyclic) bond motifs is 1. The van der Waals surface area contributed by atoms with Gasteiger partial charge in [0.15, 0.2) is 11.5 Å². The van der Waals surface area contributed by atoms with Gasteiger partial charge in [0.05, 0.1) is 19.8 Å². The highest BCUT2D eigenvalue weighted by atomic mass is 16.7. The van der Waals surface area contributed by atoms with Crippen molar-refractivity contribution >= 4 is 0 Å². The van der Waals surface area contributed by atoms with E-state index >= 15 is 0 Å². The third-order valence-corrected chi connectivity index (χ3v) is 4.67. The number of ether oxygens (including phenoxy) is 3. The molecule has 1 atom stereocenters. The SMILES string of the molecule is OCC[NH+]1CC[NH+](C[C@@H](O)COCc2ccc3c(c2)OCO3)CC1. The minimum Gasteiger partial charge on any atom is -0.454 e. The van der Waals surface area contributed by atoms with Crippen molar-refractivity contribution in [1.82, 2.24) is 0 Å². The summed E-state index contributed by atoms with van der Waals surface area (Å²) in [4.78, 5) is 2.87. The lowest BCUT2D eigenvalue weighted by Gasteiger charge is -2.30. The molecule has 2 heterocycles. The van der Waals surface area contributed by atoms with Crippen LogP contribution in [-0.2, 0) is 11.3 Å². The van der Waals surface area contributed by atoms with Crippen LogP contribution in [-0.4, -0.2) is 75.6 Å². The van der Waals surface area contributed by atoms with E-state index in [1.807, 2.05) is 18.2 Å². The molecule has 7 nitrogen and oxygen atoms in total. The average Bonchev–Trinajstić information content (AvgIpc) is 3.05. The van der Waals surface area contributed by atoms with Gasteiger partial charge in [0, 0.05) is 0 Å². The molecule has 0 unspecified atom stereocenters. The smallest absolute Gasteiger partial charge is 0.231 e. The number of rotatable bonds is 8. The first kappa shape index (κ1) is 17.4. The first-order valence-corrected chi connectivity index (χ1v) is 8.67. The zero-order chi connectivity index (χ0) is 16.8. The van der Waals surface area contributed by atoms with Crippen molar-refractivity contribution in [3.63, 3.8) is 0 Å². The summed E-state index contributed by atoms with van der Waals surface area (Å²) in [5, 5.41) is 19.1. The van der Waals surface area contributed by atoms with Crippen LogP contribution in [0.3, 0.4) is 0 Å². The lowest BCUT2D eigenvalue weighted by molar-refractivity contribution is -1.01. The van der Waals surface area contributed by atoms with Gasteiger partial charge in [-0.05, 0) is 17.7 Å². The Bertz CT molecular complexity index is 520. The predicted octanol–water partition coefficient (Wildman–Crippen LogP) is -2.93. The van der Waals surface area contributed by atoms with Crippen LogP contribution in [0.5, 0.6) is 11.5 Å². The standard InChI is InChI=1S/C17H26N2O5/c20-8-7-18-3-5-19(6-4-18)10-15(21)12-22-11-14-1-2-16-17(9-14)24-13-23-16/h1-2,9,15,20-21H,3-8,10-13H2/p+2/t15-/m1/s1. The summed E-state index contributed by atoms with van der Waals surface area (Å²) in [5.74, 6) is 1.52. The number of benzene rings is 1. The lowest BCUT2D eigenvalue weighted by Crippen LogP contribution is -3.28. The van der Waals surface area contributed by atoms with Crippen LogP contribution in [0.4, 0.5) is 0 Å². The Balaban J connectivity index is 1.33. The van der Waals surface area contributed by atoms with Crippen LogP contribution in [0, 0.1) is 0 Å². The summed E-state index contributed by atoms with van der Waals surface area (Å²) in [5.41, 5.74) is 1.01. The number of piperazine rings is 1. The molecule has 0 aliphatic carbocycles. The van der Waals surface area contributed by atoms with E-state index in [0.717, 1.165) is 49.8 Å². The maximum absolute atomic E-state index is 10.2. The number of aliphatic hydroxyl groups is 2. The van der Waals surface area contributed by atoms with Gasteiger partial charge >= 0.3 is 0 Å². The Labute approximate surface area is 142 Å². The van der Waals surface area contributed by atoms with E-state index in [9.17, 15) is 5.11 Å². The molecule has 2 aliphatic heterocycles. The molecular formula is C17H28N2O5+2. The molecule has 0 bridgehead atoms. The van der Waals surface area contributed by atoms with Crippen LogP contribution < -0.4 is 19.3 Å². The zero-order valence-electron chi connectivity index (χ0n) is 14.0. The summed E-state index contributed by atoms with van der Waals surface area (Å²) in [6.45, 7) is 7.05. The number of hydrogen-bond acceptors (Lipinski definition) is 5. The quantitative estimate of drug-likeness (QED) is 0.408. The Morgan fingerprint density at radius 2 is 1.83 bits per heavy atom. The van der Waals surface area contributed by atoms with Crippen LogP contribution >= 0.6 is 0 Å². The second-order valence-corrected chi connectivity index (χ2v) is 6.53. The van der Waals surface area contributed by atoms with E-state index in [4.69, 9.17) is 19.3 Å². The van der Waals surface area contributed by atoms with Crippen molar-refractivity contribution in [3.8, 4) is 11.5 Å². The molecule has 3 rings (SSSR count). The predicted molar refractivity (Wildman–Crippen MR) is 86.4 cm³/mol. The highest BCUT2D eigenvalue weighted by Gasteiger charge is 2.24. The second kappa shape index (κ2) is 8.64. The molecule has 0 aromatic heterocycles. The van der Waals surface area contributed by atoms with Gasteiger partial charge in [-0.1, -0.05) is 6.07 Å². The first-order chi connectivity index (χ1) is 11.7. The molecule has 7 heteroatoms. The average molecular weight is 340 g/mol. The maximum Gasteiger partial charge on any atom is 0.231 e. The van der Waals surface area contributed by atoms with E-state index in [1.54, 1.807) is 0 Å². The van der Waals surface area contributed by atoms with E-state index in [0.29, 0.717) is 19.8 Å². The van der Waals surface area contributed by atoms with Crippen molar-refractivity contribution in [3.05, 3.63) is 23.8 Å². The van der Waals surface area contributed by atoms with E-state index in [-0.39, 0.29) is 13.4 Å². The van der Waals surface area contributed by atoms with Crippen molar-refractivity contribution in [2.75, 3.05) is 59.3 Å². The molecule has 1 saturated heterocycles. The Morgan fingerprint density at radius 1 is 1.08 bits per heavy atom. The Hall–Kier alpha value is -1.38. The van der Waals surface area contributed by atoms with Crippen LogP contribution in [0.2, 0.25) is 0 Å². The number of nitrogens with one attached hydrogen (secondary N) is 2. The third kappa shape index (κ3) is 4.81. The van der Waals surface area contributed by atoms with E-state index in [1.165, 1.54) is 9.80 Å². The largest absolute Gasteiger partial charge is 0.454 e. The van der Waals surface area contributed by atoms with Crippen LogP contribution in [0.1, 0.15) is 5.56 Å². The van der Waals surface area contributed by atoms with E-state index in [2.05, 4.69) is 0 Å². The summed E-state index contributed by atoms with van der Waals surface area (Å²) in [6, 6.07) is 5.76. The molecule has 1 aromatic carbocycles. The lowest BCUT2D eigenvalue weighted by atomic mass is 10.2. The van der Waals surface area contributed by atoms with Gasteiger partial charge in [-0.2, -0.15) is 0 Å². The molecule has 0 spiro atoms. The van der Waals surface area contributed by atoms with Crippen molar-refractivity contribution in [1.29, 1.82) is 0 Å². The van der Waals surface area contributed by atoms with Gasteiger partial charge in [-0.15, -0.1) is 0 Å². The molecular weight excluding hydrogens is 312 g/mol. The van der Waals surface area contributed by atoms with Crippen molar-refractivity contribution < 1.29 is 34.2 Å². The molecule has 1 aromatic rings. The molecule has 0 radical (unpaired) electrons. The minimum atomic E-state index is -0.451. The molecule has 4 N–H and O–H groups in total. The second-order valence-electron chi connectivity index (χ2n) is 6.53. The normalized spacial score (nSPS) is 24.1. The minimum absolute atomic E-state index is 0.251. The van der Waals surface area contributed by atoms with Crippen molar-refractivity contribution in [2.24, 2.45) is 0 Å². The van der Waals surface area contributed by atoms with Crippen LogP contribution in [0.25, 0.3) is 0 Å². The van der Waals surface area contributed by atoms with Crippen LogP contribution in [0.15, 0.2) is 18.2 Å². The summed E-state index contributed by atoms with van der Waals surface area (Å²) < 4.78 is 16.3. The zero-order valence-corrected chi connectivity index (χ0v) is 14.0. The van der Waals surface area contributed by atoms with Gasteiger partial charge in [0.1, 0.15) is 45.4 Å². The molecule has 24 heavy (non-hydrogen) atoms. The molecule has 0 amide bonds. The summed E-state index contributed by atoms with van der Waals surface area (Å²) >= 11 is 0. The van der Waals surface area contributed by atoms with Gasteiger partial charge in [-0.3, -0.25) is 0 Å². The molecule has 2 aliphatic rings. The summed E-state index contributed by atoms with van der Waals surface area (Å²) in [6.07, 6.45) is -0.451. The fraction of sp³-hybridized carbons (Fsp3) is 0.647. The molecule has 0 saturated carbocycles. The highest BCUT2D eigenvalue weighted by Crippen LogP contribution is 2.32. The maximum atomic E-state index is 10.2. The summed E-state index contributed by atoms with van der Waals surface area (Å²) in [7, 11) is 0. The number of aliphatic hydroxyl groups excluding tert-OH is 2. The Morgan fingerprint density at radius 3 is 2.62 bits per heavy atom. The monoisotopic (exact) mass is 340 g/mol. The number of hydrogen-bond donors (Lipinski definition) is 4. The van der Waals surface area contributed by atoms with Gasteiger partial charge in [0.2, 0.25) is 6.79 Å². The molecule has 134 valence electrons. The third-order valence-electron chi connectivity index (χ3n) is 4.67. The van der Waals surface area contributed by atoms with E-state index < -0.39 is 6.10 Å². The fourth-order valence-corrected chi connectivity index (χ4v) is 3.31. The first-order valence-electron chi connectivity index (χ1n) is 8.67.